The molecule has 10 nitrogen and oxygen atoms in total. The molecule has 0 heterocycles. The van der Waals surface area contributed by atoms with Gasteiger partial charge in [-0.15, -0.1) is 0 Å². The van der Waals surface area contributed by atoms with Gasteiger partial charge in [-0.3, -0.25) is 18.6 Å². The second kappa shape index (κ2) is 34.9. The molecule has 0 aliphatic rings. The van der Waals surface area contributed by atoms with Crippen molar-refractivity contribution >= 4 is 19.8 Å². The molecule has 0 bridgehead atoms. The minimum Gasteiger partial charge on any atom is -0.462 e. The van der Waals surface area contributed by atoms with E-state index in [-0.39, 0.29) is 19.4 Å². The van der Waals surface area contributed by atoms with Gasteiger partial charge in [0.15, 0.2) is 6.10 Å². The molecule has 3 N–H and O–H groups in total. The summed E-state index contributed by atoms with van der Waals surface area (Å²) >= 11 is 0. The number of aliphatic hydroxyl groups excluding tert-OH is 2. The standard InChI is InChI=1S/C38H71O10P/c1-3-5-7-9-11-13-14-15-16-17-18-19-20-22-24-26-28-30-38(42)48-36(34-47-49(43,44)46-32-35(40)31-39)33-45-37(41)29-27-25-23-21-12-10-8-6-4-2/h11,13,15-16,35-36,39-40H,3-10,12,14,17-34H2,1-2H3,(H,43,44)/b13-11-,16-15-. The Kier molecular flexibility index (Phi) is 33.8. The zero-order valence-electron chi connectivity index (χ0n) is 30.9. The van der Waals surface area contributed by atoms with E-state index in [0.29, 0.717) is 12.8 Å². The van der Waals surface area contributed by atoms with Crippen LogP contribution in [0.15, 0.2) is 24.3 Å². The molecular formula is C38H71O10P. The van der Waals surface area contributed by atoms with Crippen molar-refractivity contribution in [2.75, 3.05) is 26.4 Å². The molecule has 0 spiro atoms. The number of allylic oxidation sites excluding steroid dienone is 4. The van der Waals surface area contributed by atoms with Gasteiger partial charge in [0.1, 0.15) is 12.7 Å². The van der Waals surface area contributed by atoms with Crippen molar-refractivity contribution in [2.45, 2.75) is 180 Å². The Bertz CT molecular complexity index is 879. The summed E-state index contributed by atoms with van der Waals surface area (Å²) in [7, 11) is -4.61. The fraction of sp³-hybridized carbons (Fsp3) is 0.842. The van der Waals surface area contributed by atoms with E-state index in [0.717, 1.165) is 57.8 Å². The largest absolute Gasteiger partial charge is 0.472 e. The molecule has 0 aliphatic heterocycles. The van der Waals surface area contributed by atoms with Crippen LogP contribution in [0.2, 0.25) is 0 Å². The topological polar surface area (TPSA) is 149 Å². The van der Waals surface area contributed by atoms with Crippen LogP contribution in [0.25, 0.3) is 0 Å². The number of aliphatic hydroxyl groups is 2. The van der Waals surface area contributed by atoms with Gasteiger partial charge in [0, 0.05) is 12.8 Å². The van der Waals surface area contributed by atoms with E-state index in [9.17, 15) is 24.2 Å². The molecule has 3 atom stereocenters. The summed E-state index contributed by atoms with van der Waals surface area (Å²) in [5.41, 5.74) is 0. The second-order valence-corrected chi connectivity index (χ2v) is 14.4. The van der Waals surface area contributed by atoms with Gasteiger partial charge in [0.25, 0.3) is 0 Å². The van der Waals surface area contributed by atoms with Crippen LogP contribution < -0.4 is 0 Å². The summed E-state index contributed by atoms with van der Waals surface area (Å²) in [5.74, 6) is -0.935. The Morgan fingerprint density at radius 3 is 1.61 bits per heavy atom. The molecule has 0 saturated heterocycles. The van der Waals surface area contributed by atoms with Crippen molar-refractivity contribution in [2.24, 2.45) is 0 Å². The first-order valence-electron chi connectivity index (χ1n) is 19.3. The van der Waals surface area contributed by atoms with Crippen LogP contribution in [-0.2, 0) is 32.7 Å². The third kappa shape index (κ3) is 34.7. The first kappa shape index (κ1) is 47.4. The van der Waals surface area contributed by atoms with Crippen molar-refractivity contribution in [3.8, 4) is 0 Å². The van der Waals surface area contributed by atoms with E-state index < -0.39 is 51.8 Å². The maximum Gasteiger partial charge on any atom is 0.472 e. The number of phosphoric acid groups is 1. The average molecular weight is 719 g/mol. The number of ether oxygens (including phenoxy) is 2. The first-order valence-corrected chi connectivity index (χ1v) is 20.8. The molecule has 3 unspecified atom stereocenters. The third-order valence-electron chi connectivity index (χ3n) is 8.11. The monoisotopic (exact) mass is 718 g/mol. The van der Waals surface area contributed by atoms with E-state index in [2.05, 4.69) is 42.7 Å². The van der Waals surface area contributed by atoms with Gasteiger partial charge < -0.3 is 24.6 Å². The van der Waals surface area contributed by atoms with E-state index in [1.54, 1.807) is 0 Å². The van der Waals surface area contributed by atoms with Gasteiger partial charge in [0.05, 0.1) is 19.8 Å². The van der Waals surface area contributed by atoms with E-state index in [1.165, 1.54) is 70.6 Å². The second-order valence-electron chi connectivity index (χ2n) is 13.0. The number of esters is 2. The summed E-state index contributed by atoms with van der Waals surface area (Å²) in [6, 6.07) is 0. The summed E-state index contributed by atoms with van der Waals surface area (Å²) in [5, 5.41) is 18.3. The summed E-state index contributed by atoms with van der Waals surface area (Å²) in [4.78, 5) is 34.7. The Balaban J connectivity index is 4.33. The summed E-state index contributed by atoms with van der Waals surface area (Å²) < 4.78 is 32.5. The molecule has 0 saturated carbocycles. The zero-order valence-corrected chi connectivity index (χ0v) is 31.8. The highest BCUT2D eigenvalue weighted by molar-refractivity contribution is 7.47. The summed E-state index contributed by atoms with van der Waals surface area (Å²) in [6.07, 6.45) is 31.5. The van der Waals surface area contributed by atoms with Gasteiger partial charge in [-0.05, 0) is 44.9 Å². The molecule has 0 amide bonds. The van der Waals surface area contributed by atoms with Crippen LogP contribution in [0.3, 0.4) is 0 Å². The highest BCUT2D eigenvalue weighted by atomic mass is 31.2. The lowest BCUT2D eigenvalue weighted by Crippen LogP contribution is -2.29. The highest BCUT2D eigenvalue weighted by Crippen LogP contribution is 2.43. The van der Waals surface area contributed by atoms with Gasteiger partial charge in [0.2, 0.25) is 0 Å². The number of hydrogen-bond donors (Lipinski definition) is 3. The molecule has 0 radical (unpaired) electrons. The minimum atomic E-state index is -4.61. The molecule has 0 aliphatic carbocycles. The van der Waals surface area contributed by atoms with Crippen LogP contribution in [0.5, 0.6) is 0 Å². The Morgan fingerprint density at radius 2 is 1.06 bits per heavy atom. The maximum absolute atomic E-state index is 12.5. The van der Waals surface area contributed by atoms with Crippen molar-refractivity contribution in [3.05, 3.63) is 24.3 Å². The molecule has 0 fully saturated rings. The van der Waals surface area contributed by atoms with Crippen LogP contribution in [0, 0.1) is 0 Å². The van der Waals surface area contributed by atoms with E-state index in [1.807, 2.05) is 0 Å². The maximum atomic E-state index is 12.5. The Hall–Kier alpha value is -1.55. The zero-order chi connectivity index (χ0) is 36.3. The lowest BCUT2D eigenvalue weighted by Gasteiger charge is -2.20. The van der Waals surface area contributed by atoms with Crippen molar-refractivity contribution < 1.29 is 47.8 Å². The Labute approximate surface area is 298 Å². The lowest BCUT2D eigenvalue weighted by molar-refractivity contribution is -0.161. The molecule has 0 aromatic rings. The van der Waals surface area contributed by atoms with Crippen LogP contribution >= 0.6 is 7.82 Å². The minimum absolute atomic E-state index is 0.177. The molecule has 0 rings (SSSR count). The number of phosphoric ester groups is 1. The average Bonchev–Trinajstić information content (AvgIpc) is 3.09. The van der Waals surface area contributed by atoms with Gasteiger partial charge in [-0.2, -0.15) is 0 Å². The normalized spacial score (nSPS) is 14.3. The summed E-state index contributed by atoms with van der Waals surface area (Å²) in [6.45, 7) is 2.31. The number of carbonyl (C=O) groups is 2. The molecule has 49 heavy (non-hydrogen) atoms. The predicted molar refractivity (Wildman–Crippen MR) is 196 cm³/mol. The van der Waals surface area contributed by atoms with Crippen LogP contribution in [-0.4, -0.2) is 65.7 Å². The smallest absolute Gasteiger partial charge is 0.462 e. The van der Waals surface area contributed by atoms with Crippen molar-refractivity contribution in [1.29, 1.82) is 0 Å². The number of carbonyl (C=O) groups excluding carboxylic acids is 2. The molecule has 288 valence electrons. The van der Waals surface area contributed by atoms with Gasteiger partial charge >= 0.3 is 19.8 Å². The predicted octanol–water partition coefficient (Wildman–Crippen LogP) is 9.44. The fourth-order valence-corrected chi connectivity index (χ4v) is 5.87. The lowest BCUT2D eigenvalue weighted by atomic mass is 10.1. The van der Waals surface area contributed by atoms with Crippen LogP contribution in [0.4, 0.5) is 0 Å². The van der Waals surface area contributed by atoms with E-state index in [4.69, 9.17) is 19.1 Å². The van der Waals surface area contributed by atoms with Gasteiger partial charge in [-0.1, -0.05) is 134 Å². The molecule has 0 aromatic heterocycles. The molecule has 0 aromatic carbocycles. The third-order valence-corrected chi connectivity index (χ3v) is 9.06. The van der Waals surface area contributed by atoms with Crippen molar-refractivity contribution in [3.63, 3.8) is 0 Å². The quantitative estimate of drug-likeness (QED) is 0.0248. The molecular weight excluding hydrogens is 647 g/mol. The number of hydrogen-bond acceptors (Lipinski definition) is 9. The highest BCUT2D eigenvalue weighted by Gasteiger charge is 2.27. The first-order chi connectivity index (χ1) is 23.7. The fourth-order valence-electron chi connectivity index (χ4n) is 5.08. The number of unbranched alkanes of at least 4 members (excludes halogenated alkanes) is 18. The van der Waals surface area contributed by atoms with Crippen molar-refractivity contribution in [1.82, 2.24) is 0 Å². The number of rotatable bonds is 36. The molecule has 11 heteroatoms. The Morgan fingerprint density at radius 1 is 0.612 bits per heavy atom. The van der Waals surface area contributed by atoms with Crippen LogP contribution in [0.1, 0.15) is 168 Å². The van der Waals surface area contributed by atoms with E-state index >= 15 is 0 Å². The SMILES string of the molecule is CCCCC/C=C\C/C=C\CCCCCCCCCC(=O)OC(COC(=O)CCCCCCCCCCC)COP(=O)(O)OCC(O)CO. The van der Waals surface area contributed by atoms with Gasteiger partial charge in [-0.25, -0.2) is 4.57 Å².